The van der Waals surface area contributed by atoms with Crippen LogP contribution in [0.25, 0.3) is 10.9 Å². The second-order valence-corrected chi connectivity index (χ2v) is 4.75. The molecule has 5 nitrogen and oxygen atoms in total. The van der Waals surface area contributed by atoms with Crippen molar-refractivity contribution in [2.24, 2.45) is 0 Å². The number of benzene rings is 1. The molecule has 1 aromatic heterocycles. The summed E-state index contributed by atoms with van der Waals surface area (Å²) >= 11 is 0. The van der Waals surface area contributed by atoms with Gasteiger partial charge in [-0.3, -0.25) is 9.69 Å². The molecule has 0 radical (unpaired) electrons. The number of hydrogen-bond donors (Lipinski definition) is 3. The van der Waals surface area contributed by atoms with Crippen molar-refractivity contribution in [3.05, 3.63) is 36.0 Å². The third-order valence-electron chi connectivity index (χ3n) is 3.31. The van der Waals surface area contributed by atoms with E-state index in [1.165, 1.54) is 0 Å². The number of carbonyl (C=O) groups excluding carboxylic acids is 1. The van der Waals surface area contributed by atoms with Gasteiger partial charge in [0.05, 0.1) is 13.2 Å². The molecule has 0 unspecified atom stereocenters. The van der Waals surface area contributed by atoms with Gasteiger partial charge in [-0.1, -0.05) is 18.2 Å². The first-order chi connectivity index (χ1) is 9.76. The summed E-state index contributed by atoms with van der Waals surface area (Å²) in [4.78, 5) is 17.3. The van der Waals surface area contributed by atoms with Crippen molar-refractivity contribution in [1.29, 1.82) is 0 Å². The topological polar surface area (TPSA) is 76.6 Å². The molecule has 5 heteroatoms. The molecule has 0 saturated heterocycles. The number of para-hydroxylation sites is 1. The molecule has 0 aliphatic heterocycles. The smallest absolute Gasteiger partial charge is 0.178 e. The van der Waals surface area contributed by atoms with E-state index in [1.54, 1.807) is 6.20 Å². The maximum absolute atomic E-state index is 12.4. The molecule has 1 aromatic carbocycles. The summed E-state index contributed by atoms with van der Waals surface area (Å²) in [6, 6.07) is 7.68. The number of ketones is 1. The van der Waals surface area contributed by atoms with Crippen LogP contribution >= 0.6 is 0 Å². The number of aliphatic hydroxyl groups excluding tert-OH is 2. The summed E-state index contributed by atoms with van der Waals surface area (Å²) in [7, 11) is 0. The molecule has 2 rings (SSSR count). The lowest BCUT2D eigenvalue weighted by atomic mass is 10.1. The van der Waals surface area contributed by atoms with E-state index in [2.05, 4.69) is 4.98 Å². The summed E-state index contributed by atoms with van der Waals surface area (Å²) in [5.74, 6) is 0.0221. The van der Waals surface area contributed by atoms with Crippen molar-refractivity contribution in [2.45, 2.75) is 6.42 Å². The number of H-pyrrole nitrogens is 1. The van der Waals surface area contributed by atoms with Gasteiger partial charge in [-0.05, 0) is 12.5 Å². The number of hydrogen-bond acceptors (Lipinski definition) is 4. The summed E-state index contributed by atoms with van der Waals surface area (Å²) in [6.07, 6.45) is 2.33. The normalized spacial score (nSPS) is 11.3. The van der Waals surface area contributed by atoms with Gasteiger partial charge in [-0.2, -0.15) is 0 Å². The van der Waals surface area contributed by atoms with Gasteiger partial charge in [-0.15, -0.1) is 0 Å². The largest absolute Gasteiger partial charge is 0.396 e. The maximum atomic E-state index is 12.4. The Hall–Kier alpha value is -1.69. The van der Waals surface area contributed by atoms with Gasteiger partial charge in [0.1, 0.15) is 0 Å². The van der Waals surface area contributed by atoms with Gasteiger partial charge in [0.15, 0.2) is 5.78 Å². The van der Waals surface area contributed by atoms with Crippen LogP contribution in [0, 0.1) is 0 Å². The Labute approximate surface area is 117 Å². The van der Waals surface area contributed by atoms with Gasteiger partial charge in [0.2, 0.25) is 0 Å². The van der Waals surface area contributed by atoms with Crippen LogP contribution in [-0.4, -0.2) is 58.7 Å². The quantitative estimate of drug-likeness (QED) is 0.629. The lowest BCUT2D eigenvalue weighted by Crippen LogP contribution is -2.33. The number of aromatic amines is 1. The fourth-order valence-corrected chi connectivity index (χ4v) is 2.30. The summed E-state index contributed by atoms with van der Waals surface area (Å²) in [6.45, 7) is 1.39. The van der Waals surface area contributed by atoms with Gasteiger partial charge < -0.3 is 15.2 Å². The molecule has 0 saturated carbocycles. The van der Waals surface area contributed by atoms with E-state index in [1.807, 2.05) is 29.2 Å². The molecule has 3 N–H and O–H groups in total. The van der Waals surface area contributed by atoms with E-state index in [-0.39, 0.29) is 25.5 Å². The van der Waals surface area contributed by atoms with Crippen molar-refractivity contribution in [3.63, 3.8) is 0 Å². The van der Waals surface area contributed by atoms with Crippen LogP contribution in [0.1, 0.15) is 16.8 Å². The number of carbonyl (C=O) groups is 1. The van der Waals surface area contributed by atoms with Crippen molar-refractivity contribution in [1.82, 2.24) is 9.88 Å². The lowest BCUT2D eigenvalue weighted by molar-refractivity contribution is 0.0908. The number of rotatable bonds is 8. The van der Waals surface area contributed by atoms with Gasteiger partial charge in [0, 0.05) is 42.4 Å². The molecule has 2 aromatic rings. The van der Waals surface area contributed by atoms with Crippen LogP contribution in [0.15, 0.2) is 30.5 Å². The summed E-state index contributed by atoms with van der Waals surface area (Å²) < 4.78 is 0. The fourth-order valence-electron chi connectivity index (χ4n) is 2.30. The third kappa shape index (κ3) is 3.45. The first kappa shape index (κ1) is 14.7. The van der Waals surface area contributed by atoms with Crippen LogP contribution in [0.2, 0.25) is 0 Å². The molecule has 0 spiro atoms. The highest BCUT2D eigenvalue weighted by molar-refractivity contribution is 6.08. The van der Waals surface area contributed by atoms with E-state index in [4.69, 9.17) is 10.2 Å². The van der Waals surface area contributed by atoms with Gasteiger partial charge >= 0.3 is 0 Å². The molecule has 20 heavy (non-hydrogen) atoms. The van der Waals surface area contributed by atoms with Gasteiger partial charge in [-0.25, -0.2) is 0 Å². The highest BCUT2D eigenvalue weighted by atomic mass is 16.3. The molecule has 0 aliphatic carbocycles. The van der Waals surface area contributed by atoms with Crippen LogP contribution in [-0.2, 0) is 0 Å². The molecular formula is C15H20N2O3. The third-order valence-corrected chi connectivity index (χ3v) is 3.31. The average Bonchev–Trinajstić information content (AvgIpc) is 2.89. The van der Waals surface area contributed by atoms with Gasteiger partial charge in [0.25, 0.3) is 0 Å². The first-order valence-electron chi connectivity index (χ1n) is 6.79. The van der Waals surface area contributed by atoms with E-state index in [9.17, 15) is 4.79 Å². The predicted molar refractivity (Wildman–Crippen MR) is 77.9 cm³/mol. The monoisotopic (exact) mass is 276 g/mol. The maximum Gasteiger partial charge on any atom is 0.178 e. The summed E-state index contributed by atoms with van der Waals surface area (Å²) in [5, 5.41) is 18.8. The Morgan fingerprint density at radius 3 is 2.70 bits per heavy atom. The Balaban J connectivity index is 2.09. The van der Waals surface area contributed by atoms with Crippen molar-refractivity contribution in [2.75, 3.05) is 32.8 Å². The summed E-state index contributed by atoms with van der Waals surface area (Å²) in [5.41, 5.74) is 1.62. The van der Waals surface area contributed by atoms with E-state index in [0.717, 1.165) is 10.9 Å². The van der Waals surface area contributed by atoms with Crippen LogP contribution in [0.4, 0.5) is 0 Å². The Morgan fingerprint density at radius 1 is 1.15 bits per heavy atom. The first-order valence-corrected chi connectivity index (χ1v) is 6.79. The van der Waals surface area contributed by atoms with E-state index < -0.39 is 0 Å². The molecule has 0 aliphatic rings. The van der Waals surface area contributed by atoms with E-state index >= 15 is 0 Å². The van der Waals surface area contributed by atoms with Crippen LogP contribution < -0.4 is 0 Å². The Morgan fingerprint density at radius 2 is 1.95 bits per heavy atom. The van der Waals surface area contributed by atoms with Crippen LogP contribution in [0.3, 0.4) is 0 Å². The zero-order valence-corrected chi connectivity index (χ0v) is 11.4. The number of aromatic nitrogens is 1. The van der Waals surface area contributed by atoms with Crippen molar-refractivity contribution < 1.29 is 15.0 Å². The standard InChI is InChI=1S/C15H20N2O3/c18-8-3-6-17(7-9-19)11-15(20)13-10-16-14-5-2-1-4-12(13)14/h1-2,4-5,10,16,18-19H,3,6-9,11H2. The predicted octanol–water partition coefficient (Wildman–Crippen LogP) is 1.03. The minimum atomic E-state index is 0.00654. The zero-order valence-electron chi connectivity index (χ0n) is 11.4. The average molecular weight is 276 g/mol. The number of nitrogens with zero attached hydrogens (tertiary/aromatic N) is 1. The van der Waals surface area contributed by atoms with E-state index in [0.29, 0.717) is 25.1 Å². The highest BCUT2D eigenvalue weighted by Gasteiger charge is 2.15. The lowest BCUT2D eigenvalue weighted by Gasteiger charge is -2.19. The molecule has 0 amide bonds. The SMILES string of the molecule is O=C(CN(CCO)CCCO)c1c[nH]c2ccccc12. The second kappa shape index (κ2) is 7.19. The number of Topliss-reactive ketones (excluding diaryl/α,β-unsaturated/α-hetero) is 1. The minimum Gasteiger partial charge on any atom is -0.396 e. The molecular weight excluding hydrogens is 256 g/mol. The Bertz CT molecular complexity index is 565. The molecule has 0 atom stereocenters. The Kier molecular flexibility index (Phi) is 5.29. The highest BCUT2D eigenvalue weighted by Crippen LogP contribution is 2.18. The number of nitrogens with one attached hydrogen (secondary N) is 1. The van der Waals surface area contributed by atoms with Crippen molar-refractivity contribution in [3.8, 4) is 0 Å². The minimum absolute atomic E-state index is 0.00654. The molecule has 0 bridgehead atoms. The zero-order chi connectivity index (χ0) is 14.4. The van der Waals surface area contributed by atoms with Crippen molar-refractivity contribution >= 4 is 16.7 Å². The number of aliphatic hydroxyl groups is 2. The molecule has 108 valence electrons. The molecule has 1 heterocycles. The molecule has 0 fully saturated rings. The van der Waals surface area contributed by atoms with Crippen LogP contribution in [0.5, 0.6) is 0 Å². The fraction of sp³-hybridized carbons (Fsp3) is 0.400. The number of fused-ring (bicyclic) bond motifs is 1. The second-order valence-electron chi connectivity index (χ2n) is 4.75.